The van der Waals surface area contributed by atoms with E-state index in [2.05, 4.69) is 20.5 Å². The van der Waals surface area contributed by atoms with Gasteiger partial charge in [-0.15, -0.1) is 0 Å². The molecule has 0 saturated carbocycles. The van der Waals surface area contributed by atoms with Crippen molar-refractivity contribution in [2.45, 2.75) is 0 Å². The number of furan rings is 1. The molecule has 0 radical (unpaired) electrons. The molecule has 0 spiro atoms. The summed E-state index contributed by atoms with van der Waals surface area (Å²) in [4.78, 5) is 4.03. The number of nitrogens with one attached hydrogen (secondary N) is 2. The average molecular weight is 285 g/mol. The maximum Gasteiger partial charge on any atom is 0.154 e. The highest BCUT2D eigenvalue weighted by molar-refractivity contribution is 6.35. The van der Waals surface area contributed by atoms with Gasteiger partial charge in [-0.3, -0.25) is 10.1 Å². The molecule has 1 aromatic carbocycles. The Kier molecular flexibility index (Phi) is 2.40. The maximum atomic E-state index is 6.12. The number of pyridine rings is 1. The third-order valence-corrected chi connectivity index (χ3v) is 3.53. The Morgan fingerprint density at radius 3 is 3.00 bits per heavy atom. The van der Waals surface area contributed by atoms with Gasteiger partial charge in [0.2, 0.25) is 0 Å². The van der Waals surface area contributed by atoms with Gasteiger partial charge in [0, 0.05) is 22.7 Å². The smallest absolute Gasteiger partial charge is 0.154 e. The molecule has 0 atom stereocenters. The van der Waals surface area contributed by atoms with E-state index in [4.69, 9.17) is 16.0 Å². The third-order valence-electron chi connectivity index (χ3n) is 3.21. The molecule has 4 rings (SSSR count). The fourth-order valence-corrected chi connectivity index (χ4v) is 2.44. The average Bonchev–Trinajstić information content (AvgIpc) is 3.10. The van der Waals surface area contributed by atoms with Gasteiger partial charge in [-0.1, -0.05) is 11.6 Å². The fraction of sp³-hybridized carbons (Fsp3) is 0. The highest BCUT2D eigenvalue weighted by Crippen LogP contribution is 2.33. The molecule has 3 heterocycles. The number of hydrogen-bond donors (Lipinski definition) is 2. The second-order valence-electron chi connectivity index (χ2n) is 4.40. The highest BCUT2D eigenvalue weighted by Gasteiger charge is 2.10. The number of nitrogens with zero attached hydrogens (tertiary/aromatic N) is 2. The molecule has 0 unspecified atom stereocenters. The molecule has 0 saturated heterocycles. The number of hydrogen-bond acceptors (Lipinski definition) is 4. The topological polar surface area (TPSA) is 66.7 Å². The minimum absolute atomic E-state index is 0.643. The van der Waals surface area contributed by atoms with Gasteiger partial charge in [-0.05, 0) is 18.2 Å². The maximum absolute atomic E-state index is 6.12. The van der Waals surface area contributed by atoms with Gasteiger partial charge in [0.1, 0.15) is 6.26 Å². The molecule has 4 aromatic rings. The Labute approximate surface area is 118 Å². The highest BCUT2D eigenvalue weighted by atomic mass is 35.5. The van der Waals surface area contributed by atoms with E-state index >= 15 is 0 Å². The van der Waals surface area contributed by atoms with Crippen molar-refractivity contribution in [2.24, 2.45) is 0 Å². The lowest BCUT2D eigenvalue weighted by Gasteiger charge is -2.06. The third kappa shape index (κ3) is 1.64. The van der Waals surface area contributed by atoms with Crippen LogP contribution in [0.4, 0.5) is 11.4 Å². The van der Waals surface area contributed by atoms with Crippen LogP contribution in [-0.4, -0.2) is 15.2 Å². The van der Waals surface area contributed by atoms with Crippen molar-refractivity contribution < 1.29 is 4.42 Å². The summed E-state index contributed by atoms with van der Waals surface area (Å²) in [5.74, 6) is 0. The van der Waals surface area contributed by atoms with E-state index in [1.165, 1.54) is 0 Å². The van der Waals surface area contributed by atoms with E-state index in [-0.39, 0.29) is 0 Å². The number of benzene rings is 1. The predicted molar refractivity (Wildman–Crippen MR) is 78.4 cm³/mol. The van der Waals surface area contributed by atoms with Crippen LogP contribution >= 0.6 is 11.6 Å². The number of aromatic nitrogens is 3. The normalized spacial score (nSPS) is 11.2. The summed E-state index contributed by atoms with van der Waals surface area (Å²) < 4.78 is 5.46. The van der Waals surface area contributed by atoms with Crippen molar-refractivity contribution in [3.8, 4) is 0 Å². The van der Waals surface area contributed by atoms with Gasteiger partial charge in [0.05, 0.1) is 28.6 Å². The van der Waals surface area contributed by atoms with Crippen LogP contribution in [0.2, 0.25) is 5.02 Å². The van der Waals surface area contributed by atoms with E-state index in [0.29, 0.717) is 5.02 Å². The zero-order chi connectivity index (χ0) is 13.5. The van der Waals surface area contributed by atoms with Gasteiger partial charge in [-0.2, -0.15) is 5.10 Å². The summed E-state index contributed by atoms with van der Waals surface area (Å²) in [7, 11) is 0. The van der Waals surface area contributed by atoms with Crippen LogP contribution in [0.5, 0.6) is 0 Å². The summed E-state index contributed by atoms with van der Waals surface area (Å²) in [6.45, 7) is 0. The van der Waals surface area contributed by atoms with Crippen molar-refractivity contribution in [1.82, 2.24) is 15.2 Å². The Hall–Kier alpha value is -2.53. The van der Waals surface area contributed by atoms with Crippen LogP contribution in [0.15, 0.2) is 47.5 Å². The van der Waals surface area contributed by atoms with Gasteiger partial charge >= 0.3 is 0 Å². The van der Waals surface area contributed by atoms with Crippen molar-refractivity contribution in [1.29, 1.82) is 0 Å². The van der Waals surface area contributed by atoms with E-state index in [1.54, 1.807) is 24.9 Å². The van der Waals surface area contributed by atoms with E-state index < -0.39 is 0 Å². The molecular weight excluding hydrogens is 276 g/mol. The van der Waals surface area contributed by atoms with E-state index in [0.717, 1.165) is 33.2 Å². The number of fused-ring (bicyclic) bond motifs is 2. The van der Waals surface area contributed by atoms with Crippen molar-refractivity contribution in [2.75, 3.05) is 5.32 Å². The standard InChI is InChI=1S/C14H9ClN4O/c15-10-1-2-11(9-5-17-19-14(9)10)18-12-7-20-13-6-16-4-3-8(12)13/h1-7,18H,(H,17,19). The van der Waals surface area contributed by atoms with Crippen molar-refractivity contribution in [3.05, 3.63) is 48.1 Å². The number of aromatic amines is 1. The lowest BCUT2D eigenvalue weighted by atomic mass is 10.2. The molecule has 6 heteroatoms. The first-order chi connectivity index (χ1) is 9.83. The van der Waals surface area contributed by atoms with Crippen LogP contribution in [0.3, 0.4) is 0 Å². The second kappa shape index (κ2) is 4.25. The van der Waals surface area contributed by atoms with E-state index in [9.17, 15) is 0 Å². The number of H-pyrrole nitrogens is 1. The molecule has 0 aliphatic heterocycles. The molecule has 0 aliphatic rings. The molecule has 0 fully saturated rings. The first-order valence-electron chi connectivity index (χ1n) is 6.03. The zero-order valence-corrected chi connectivity index (χ0v) is 11.0. The molecule has 98 valence electrons. The van der Waals surface area contributed by atoms with E-state index in [1.807, 2.05) is 18.2 Å². The Balaban J connectivity index is 1.85. The zero-order valence-electron chi connectivity index (χ0n) is 10.2. The van der Waals surface area contributed by atoms with Crippen LogP contribution in [0, 0.1) is 0 Å². The lowest BCUT2D eigenvalue weighted by Crippen LogP contribution is -1.89. The SMILES string of the molecule is Clc1ccc(Nc2coc3cnccc23)c2cn[nH]c12. The number of halogens is 1. The van der Waals surface area contributed by atoms with Gasteiger partial charge < -0.3 is 9.73 Å². The molecule has 0 bridgehead atoms. The van der Waals surface area contributed by atoms with Crippen LogP contribution in [0.25, 0.3) is 21.9 Å². The Morgan fingerprint density at radius 1 is 1.10 bits per heavy atom. The second-order valence-corrected chi connectivity index (χ2v) is 4.81. The van der Waals surface area contributed by atoms with Gasteiger partial charge in [0.15, 0.2) is 5.58 Å². The number of rotatable bonds is 2. The van der Waals surface area contributed by atoms with Crippen molar-refractivity contribution in [3.63, 3.8) is 0 Å². The molecule has 3 aromatic heterocycles. The Morgan fingerprint density at radius 2 is 2.05 bits per heavy atom. The fourth-order valence-electron chi connectivity index (χ4n) is 2.24. The summed E-state index contributed by atoms with van der Waals surface area (Å²) in [6.07, 6.45) is 6.84. The lowest BCUT2D eigenvalue weighted by molar-refractivity contribution is 0.615. The van der Waals surface area contributed by atoms with Crippen LogP contribution in [0.1, 0.15) is 0 Å². The largest absolute Gasteiger partial charge is 0.460 e. The first-order valence-corrected chi connectivity index (χ1v) is 6.40. The van der Waals surface area contributed by atoms with Crippen molar-refractivity contribution >= 4 is 44.8 Å². The summed E-state index contributed by atoms with van der Waals surface area (Å²) in [6, 6.07) is 5.65. The molecule has 0 aliphatic carbocycles. The first kappa shape index (κ1) is 11.3. The van der Waals surface area contributed by atoms with Crippen LogP contribution in [-0.2, 0) is 0 Å². The number of anilines is 2. The summed E-state index contributed by atoms with van der Waals surface area (Å²) in [5, 5.41) is 12.8. The molecular formula is C14H9ClN4O. The van der Waals surface area contributed by atoms with Gasteiger partial charge in [-0.25, -0.2) is 0 Å². The minimum Gasteiger partial charge on any atom is -0.460 e. The molecule has 5 nitrogen and oxygen atoms in total. The molecule has 2 N–H and O–H groups in total. The predicted octanol–water partition coefficient (Wildman–Crippen LogP) is 4.10. The summed E-state index contributed by atoms with van der Waals surface area (Å²) >= 11 is 6.12. The van der Waals surface area contributed by atoms with Crippen LogP contribution < -0.4 is 5.32 Å². The molecule has 0 amide bonds. The monoisotopic (exact) mass is 284 g/mol. The molecule has 20 heavy (non-hydrogen) atoms. The Bertz CT molecular complexity index is 912. The minimum atomic E-state index is 0.643. The quantitative estimate of drug-likeness (QED) is 0.581. The van der Waals surface area contributed by atoms with Gasteiger partial charge in [0.25, 0.3) is 0 Å². The summed E-state index contributed by atoms with van der Waals surface area (Å²) in [5.41, 5.74) is 3.35.